The van der Waals surface area contributed by atoms with Gasteiger partial charge in [0.2, 0.25) is 5.91 Å². The normalized spacial score (nSPS) is 12.9. The summed E-state index contributed by atoms with van der Waals surface area (Å²) in [6.07, 6.45) is 2.19. The lowest BCUT2D eigenvalue weighted by Crippen LogP contribution is -2.92. The lowest BCUT2D eigenvalue weighted by Gasteiger charge is -2.20. The van der Waals surface area contributed by atoms with Crippen LogP contribution in [0.25, 0.3) is 0 Å². The number of thiophene rings is 1. The molecular weight excluding hydrogens is 394 g/mol. The summed E-state index contributed by atoms with van der Waals surface area (Å²) in [6.45, 7) is 4.08. The van der Waals surface area contributed by atoms with Gasteiger partial charge in [-0.05, 0) is 54.6 Å². The molecule has 0 bridgehead atoms. The number of carbonyl (C=O) groups excluding carboxylic acids is 2. The molecule has 2 amide bonds. The predicted molar refractivity (Wildman–Crippen MR) is 122 cm³/mol. The Kier molecular flexibility index (Phi) is 7.38. The minimum Gasteiger partial charge on any atom is -0.366 e. The Labute approximate surface area is 181 Å². The number of amides is 2. The van der Waals surface area contributed by atoms with E-state index in [0.29, 0.717) is 11.3 Å². The van der Waals surface area contributed by atoms with Crippen LogP contribution >= 0.6 is 11.3 Å². The van der Waals surface area contributed by atoms with Gasteiger partial charge >= 0.3 is 0 Å². The highest BCUT2D eigenvalue weighted by Crippen LogP contribution is 2.23. The lowest BCUT2D eigenvalue weighted by molar-refractivity contribution is -0.703. The number of quaternary nitrogens is 1. The van der Waals surface area contributed by atoms with Crippen LogP contribution in [0, 0.1) is 0 Å². The fraction of sp³-hybridized carbons (Fsp3) is 0.250. The second-order valence-electron chi connectivity index (χ2n) is 7.40. The van der Waals surface area contributed by atoms with E-state index in [1.165, 1.54) is 16.0 Å². The summed E-state index contributed by atoms with van der Waals surface area (Å²) in [5.74, 6) is -0.579. The van der Waals surface area contributed by atoms with Crippen molar-refractivity contribution in [2.75, 3.05) is 5.32 Å². The summed E-state index contributed by atoms with van der Waals surface area (Å²) in [5.41, 5.74) is 8.83. The molecule has 0 fully saturated rings. The van der Waals surface area contributed by atoms with Gasteiger partial charge in [-0.3, -0.25) is 9.59 Å². The molecule has 1 heterocycles. The van der Waals surface area contributed by atoms with Crippen LogP contribution in [0.5, 0.6) is 0 Å². The fourth-order valence-corrected chi connectivity index (χ4v) is 4.20. The number of primary amides is 1. The quantitative estimate of drug-likeness (QED) is 0.493. The Hall–Kier alpha value is -2.96. The Morgan fingerprint density at radius 2 is 1.77 bits per heavy atom. The fourth-order valence-electron chi connectivity index (χ4n) is 3.37. The Morgan fingerprint density at radius 1 is 1.07 bits per heavy atom. The zero-order valence-electron chi connectivity index (χ0n) is 17.3. The number of carbonyl (C=O) groups is 2. The molecule has 0 saturated carbocycles. The van der Waals surface area contributed by atoms with Crippen molar-refractivity contribution in [1.82, 2.24) is 0 Å². The summed E-state index contributed by atoms with van der Waals surface area (Å²) in [4.78, 5) is 25.2. The number of nitrogens with two attached hydrogens (primary N) is 2. The third kappa shape index (κ3) is 5.55. The number of aryl methyl sites for hydroxylation is 1. The third-order valence-corrected chi connectivity index (χ3v) is 6.01. The van der Waals surface area contributed by atoms with E-state index in [1.807, 2.05) is 13.0 Å². The summed E-state index contributed by atoms with van der Waals surface area (Å²) in [7, 11) is 0. The zero-order chi connectivity index (χ0) is 21.5. The molecule has 3 aromatic rings. The summed E-state index contributed by atoms with van der Waals surface area (Å²) in [5, 5.41) is 7.07. The van der Waals surface area contributed by atoms with Gasteiger partial charge in [0.25, 0.3) is 5.91 Å². The van der Waals surface area contributed by atoms with E-state index >= 15 is 0 Å². The van der Waals surface area contributed by atoms with Crippen LogP contribution in [0.1, 0.15) is 52.7 Å². The molecule has 0 aliphatic rings. The topological polar surface area (TPSA) is 88.8 Å². The molecule has 0 aliphatic heterocycles. The number of rotatable bonds is 9. The maximum Gasteiger partial charge on any atom is 0.282 e. The molecule has 30 heavy (non-hydrogen) atoms. The molecule has 0 radical (unpaired) electrons. The van der Waals surface area contributed by atoms with Crippen LogP contribution in [0.4, 0.5) is 5.69 Å². The van der Waals surface area contributed by atoms with Crippen molar-refractivity contribution in [3.8, 4) is 0 Å². The second-order valence-corrected chi connectivity index (χ2v) is 8.38. The molecule has 0 aliphatic carbocycles. The van der Waals surface area contributed by atoms with Crippen LogP contribution in [0.2, 0.25) is 0 Å². The molecule has 5 nitrogen and oxygen atoms in total. The van der Waals surface area contributed by atoms with Gasteiger partial charge in [0.05, 0.1) is 4.88 Å². The molecule has 156 valence electrons. The van der Waals surface area contributed by atoms with Gasteiger partial charge in [-0.15, -0.1) is 11.3 Å². The SMILES string of the molecule is CCCc1ccc([C@H]([NH2+][C@@H](C)C(=O)Nc2ccc(C(N)=O)cc2)c2cccs2)cc1. The van der Waals surface area contributed by atoms with Crippen molar-refractivity contribution in [3.05, 3.63) is 87.6 Å². The summed E-state index contributed by atoms with van der Waals surface area (Å²) < 4.78 is 0. The molecule has 0 spiro atoms. The average Bonchev–Trinajstić information content (AvgIpc) is 3.27. The van der Waals surface area contributed by atoms with Crippen LogP contribution in [0.3, 0.4) is 0 Å². The minimum atomic E-state index is -0.488. The Balaban J connectivity index is 1.72. The molecule has 1 aromatic heterocycles. The van der Waals surface area contributed by atoms with Crippen molar-refractivity contribution in [1.29, 1.82) is 0 Å². The maximum absolute atomic E-state index is 12.8. The van der Waals surface area contributed by atoms with E-state index in [0.717, 1.165) is 12.8 Å². The van der Waals surface area contributed by atoms with Gasteiger partial charge < -0.3 is 16.4 Å². The van der Waals surface area contributed by atoms with E-state index in [1.54, 1.807) is 35.6 Å². The van der Waals surface area contributed by atoms with E-state index in [-0.39, 0.29) is 18.0 Å². The zero-order valence-corrected chi connectivity index (χ0v) is 18.1. The summed E-state index contributed by atoms with van der Waals surface area (Å²) in [6, 6.07) is 19.2. The van der Waals surface area contributed by atoms with Crippen molar-refractivity contribution < 1.29 is 14.9 Å². The van der Waals surface area contributed by atoms with Gasteiger partial charge in [0.15, 0.2) is 6.04 Å². The highest BCUT2D eigenvalue weighted by Gasteiger charge is 2.25. The smallest absolute Gasteiger partial charge is 0.282 e. The third-order valence-electron chi connectivity index (χ3n) is 5.06. The van der Waals surface area contributed by atoms with Crippen molar-refractivity contribution in [2.45, 2.75) is 38.8 Å². The first kappa shape index (κ1) is 21.7. The Morgan fingerprint density at radius 3 is 2.33 bits per heavy atom. The largest absolute Gasteiger partial charge is 0.366 e. The molecule has 5 N–H and O–H groups in total. The van der Waals surface area contributed by atoms with E-state index in [2.05, 4.69) is 53.3 Å². The van der Waals surface area contributed by atoms with Crippen molar-refractivity contribution in [2.24, 2.45) is 5.73 Å². The highest BCUT2D eigenvalue weighted by molar-refractivity contribution is 7.10. The first-order valence-electron chi connectivity index (χ1n) is 10.2. The van der Waals surface area contributed by atoms with Crippen LogP contribution in [-0.4, -0.2) is 17.9 Å². The van der Waals surface area contributed by atoms with Crippen molar-refractivity contribution in [3.63, 3.8) is 0 Å². The molecule has 2 atom stereocenters. The number of hydrogen-bond acceptors (Lipinski definition) is 3. The monoisotopic (exact) mass is 422 g/mol. The van der Waals surface area contributed by atoms with E-state index in [4.69, 9.17) is 5.73 Å². The first-order chi connectivity index (χ1) is 14.5. The number of hydrogen-bond donors (Lipinski definition) is 3. The number of anilines is 1. The molecule has 3 rings (SSSR count). The van der Waals surface area contributed by atoms with Gasteiger partial charge in [0, 0.05) is 16.8 Å². The predicted octanol–water partition coefficient (Wildman–Crippen LogP) is 3.48. The average molecular weight is 423 g/mol. The summed E-state index contributed by atoms with van der Waals surface area (Å²) >= 11 is 1.70. The number of benzene rings is 2. The van der Waals surface area contributed by atoms with Crippen LogP contribution in [-0.2, 0) is 11.2 Å². The van der Waals surface area contributed by atoms with E-state index < -0.39 is 5.91 Å². The minimum absolute atomic E-state index is 0.0543. The van der Waals surface area contributed by atoms with Crippen LogP contribution in [0.15, 0.2) is 66.0 Å². The van der Waals surface area contributed by atoms with E-state index in [9.17, 15) is 9.59 Å². The lowest BCUT2D eigenvalue weighted by atomic mass is 10.0. The molecule has 0 unspecified atom stereocenters. The molecular formula is C24H28N3O2S+. The van der Waals surface area contributed by atoms with Gasteiger partial charge in [0.1, 0.15) is 6.04 Å². The standard InChI is InChI=1S/C24H27N3O2S/c1-3-5-17-7-9-18(10-8-17)22(21-6-4-15-30-21)26-16(2)24(29)27-20-13-11-19(12-14-20)23(25)28/h4,6-16,22,26H,3,5H2,1-2H3,(H2,25,28)(H,27,29)/p+1/t16-,22-/m0/s1. The molecule has 6 heteroatoms. The van der Waals surface area contributed by atoms with Crippen LogP contribution < -0.4 is 16.4 Å². The number of nitrogens with one attached hydrogen (secondary N) is 1. The molecule has 2 aromatic carbocycles. The first-order valence-corrected chi connectivity index (χ1v) is 11.0. The van der Waals surface area contributed by atoms with Gasteiger partial charge in [-0.1, -0.05) is 43.7 Å². The van der Waals surface area contributed by atoms with Gasteiger partial charge in [-0.2, -0.15) is 0 Å². The highest BCUT2D eigenvalue weighted by atomic mass is 32.1. The second kappa shape index (κ2) is 10.2. The molecule has 0 saturated heterocycles. The van der Waals surface area contributed by atoms with Gasteiger partial charge in [-0.25, -0.2) is 0 Å². The van der Waals surface area contributed by atoms with Crippen molar-refractivity contribution >= 4 is 28.8 Å². The maximum atomic E-state index is 12.8. The Bertz CT molecular complexity index is 967.